The van der Waals surface area contributed by atoms with Gasteiger partial charge in [0.2, 0.25) is 0 Å². The van der Waals surface area contributed by atoms with Crippen LogP contribution in [-0.4, -0.2) is 0 Å². The highest BCUT2D eigenvalue weighted by Crippen LogP contribution is 2.47. The van der Waals surface area contributed by atoms with E-state index in [4.69, 9.17) is 4.42 Å². The second-order valence-corrected chi connectivity index (χ2v) is 13.5. The lowest BCUT2D eigenvalue weighted by molar-refractivity contribution is 0.669. The smallest absolute Gasteiger partial charge is 0.136 e. The molecule has 1 heterocycles. The number of rotatable bonds is 3. The third kappa shape index (κ3) is 4.16. The van der Waals surface area contributed by atoms with Crippen LogP contribution in [0.4, 0.5) is 0 Å². The second-order valence-electron chi connectivity index (χ2n) is 13.5. The van der Waals surface area contributed by atoms with Gasteiger partial charge < -0.3 is 4.42 Å². The molecule has 0 aliphatic carbocycles. The Hall–Kier alpha value is -6.70. The Morgan fingerprint density at radius 3 is 1.25 bits per heavy atom. The third-order valence-corrected chi connectivity index (χ3v) is 10.8. The molecule has 0 spiro atoms. The Bertz CT molecular complexity index is 3070. The van der Waals surface area contributed by atoms with Gasteiger partial charge in [-0.2, -0.15) is 0 Å². The molecule has 0 aliphatic heterocycles. The summed E-state index contributed by atoms with van der Waals surface area (Å²) < 4.78 is 6.61. The lowest BCUT2D eigenvalue weighted by Crippen LogP contribution is -1.91. The summed E-state index contributed by atoms with van der Waals surface area (Å²) in [6, 6.07) is 66.2. The van der Waals surface area contributed by atoms with Crippen molar-refractivity contribution in [2.24, 2.45) is 0 Å². The van der Waals surface area contributed by atoms with Crippen molar-refractivity contribution in [1.82, 2.24) is 0 Å². The zero-order valence-electron chi connectivity index (χ0n) is 27.7. The van der Waals surface area contributed by atoms with E-state index in [1.54, 1.807) is 0 Å². The molecule has 10 aromatic carbocycles. The summed E-state index contributed by atoms with van der Waals surface area (Å²) >= 11 is 0. The highest BCUT2D eigenvalue weighted by Gasteiger charge is 2.20. The van der Waals surface area contributed by atoms with Crippen LogP contribution in [0.2, 0.25) is 0 Å². The van der Waals surface area contributed by atoms with Gasteiger partial charge >= 0.3 is 0 Å². The van der Waals surface area contributed by atoms with Crippen LogP contribution in [0, 0.1) is 0 Å². The maximum Gasteiger partial charge on any atom is 0.136 e. The van der Waals surface area contributed by atoms with E-state index >= 15 is 0 Å². The molecular formula is C50H30O. The zero-order chi connectivity index (χ0) is 33.5. The third-order valence-electron chi connectivity index (χ3n) is 10.8. The zero-order valence-corrected chi connectivity index (χ0v) is 27.7. The van der Waals surface area contributed by atoms with Gasteiger partial charge in [-0.15, -0.1) is 0 Å². The molecule has 51 heavy (non-hydrogen) atoms. The van der Waals surface area contributed by atoms with Crippen molar-refractivity contribution in [3.05, 3.63) is 182 Å². The van der Waals surface area contributed by atoms with Crippen molar-refractivity contribution in [1.29, 1.82) is 0 Å². The normalized spacial score (nSPS) is 11.9. The molecule has 0 unspecified atom stereocenters. The van der Waals surface area contributed by atoms with Crippen LogP contribution in [0.15, 0.2) is 186 Å². The Morgan fingerprint density at radius 2 is 0.647 bits per heavy atom. The topological polar surface area (TPSA) is 13.1 Å². The molecule has 236 valence electrons. The summed E-state index contributed by atoms with van der Waals surface area (Å²) in [5.41, 5.74) is 9.19. The van der Waals surface area contributed by atoms with E-state index in [0.717, 1.165) is 16.6 Å². The van der Waals surface area contributed by atoms with E-state index in [-0.39, 0.29) is 0 Å². The van der Waals surface area contributed by atoms with Gasteiger partial charge in [0.05, 0.1) is 0 Å². The molecule has 11 rings (SSSR count). The summed E-state index contributed by atoms with van der Waals surface area (Å²) in [5, 5.41) is 14.9. The molecule has 0 bridgehead atoms. The van der Waals surface area contributed by atoms with E-state index in [2.05, 4.69) is 182 Å². The number of furan rings is 1. The number of hydrogen-bond acceptors (Lipinski definition) is 1. The van der Waals surface area contributed by atoms with Crippen LogP contribution in [0.25, 0.3) is 109 Å². The molecule has 1 heteroatoms. The summed E-state index contributed by atoms with van der Waals surface area (Å²) in [7, 11) is 0. The van der Waals surface area contributed by atoms with Crippen molar-refractivity contribution in [2.75, 3.05) is 0 Å². The number of hydrogen-bond donors (Lipinski definition) is 0. The minimum Gasteiger partial charge on any atom is -0.456 e. The summed E-state index contributed by atoms with van der Waals surface area (Å²) in [6.45, 7) is 0. The maximum atomic E-state index is 6.61. The van der Waals surface area contributed by atoms with Gasteiger partial charge in [-0.3, -0.25) is 0 Å². The van der Waals surface area contributed by atoms with Crippen LogP contribution < -0.4 is 0 Å². The van der Waals surface area contributed by atoms with Gasteiger partial charge in [0, 0.05) is 16.2 Å². The van der Waals surface area contributed by atoms with Crippen molar-refractivity contribution in [3.63, 3.8) is 0 Å². The first-order chi connectivity index (χ1) is 25.3. The van der Waals surface area contributed by atoms with Crippen LogP contribution in [0.1, 0.15) is 0 Å². The SMILES string of the molecule is c1ccc(-c2ccc(-c3c4ccccc4c(-c4ccc5oc6ccc7c8ccccc8c8ccccc8c7c6c5c4)c4ccccc34)cc2)cc1. The van der Waals surface area contributed by atoms with Crippen molar-refractivity contribution in [3.8, 4) is 33.4 Å². The fraction of sp³-hybridized carbons (Fsp3) is 0. The molecule has 0 saturated carbocycles. The van der Waals surface area contributed by atoms with Gasteiger partial charge in [-0.1, -0.05) is 158 Å². The molecule has 0 saturated heterocycles. The summed E-state index contributed by atoms with van der Waals surface area (Å²) in [6.07, 6.45) is 0. The van der Waals surface area contributed by atoms with E-state index in [1.165, 1.54) is 92.6 Å². The molecular weight excluding hydrogens is 617 g/mol. The molecule has 0 N–H and O–H groups in total. The first-order valence-electron chi connectivity index (χ1n) is 17.6. The average Bonchev–Trinajstić information content (AvgIpc) is 3.58. The number of fused-ring (bicyclic) bond motifs is 12. The first-order valence-corrected chi connectivity index (χ1v) is 17.6. The Morgan fingerprint density at radius 1 is 0.235 bits per heavy atom. The summed E-state index contributed by atoms with van der Waals surface area (Å²) in [5.74, 6) is 0. The van der Waals surface area contributed by atoms with Crippen molar-refractivity contribution < 1.29 is 4.42 Å². The minimum atomic E-state index is 0.905. The van der Waals surface area contributed by atoms with Gasteiger partial charge in [0.15, 0.2) is 0 Å². The molecule has 0 radical (unpaired) electrons. The summed E-state index contributed by atoms with van der Waals surface area (Å²) in [4.78, 5) is 0. The maximum absolute atomic E-state index is 6.61. The highest BCUT2D eigenvalue weighted by atomic mass is 16.3. The molecule has 11 aromatic rings. The molecule has 0 aliphatic rings. The molecule has 0 fully saturated rings. The Labute approximate surface area is 294 Å². The van der Waals surface area contributed by atoms with Gasteiger partial charge in [-0.25, -0.2) is 0 Å². The van der Waals surface area contributed by atoms with E-state index in [9.17, 15) is 0 Å². The van der Waals surface area contributed by atoms with Gasteiger partial charge in [-0.05, 0) is 106 Å². The van der Waals surface area contributed by atoms with Crippen LogP contribution >= 0.6 is 0 Å². The van der Waals surface area contributed by atoms with Crippen LogP contribution in [-0.2, 0) is 0 Å². The Balaban J connectivity index is 1.20. The number of benzene rings is 10. The predicted molar refractivity (Wildman–Crippen MR) is 218 cm³/mol. The van der Waals surface area contributed by atoms with Gasteiger partial charge in [0.1, 0.15) is 11.2 Å². The fourth-order valence-electron chi connectivity index (χ4n) is 8.63. The molecule has 1 aromatic heterocycles. The van der Waals surface area contributed by atoms with Crippen LogP contribution in [0.5, 0.6) is 0 Å². The quantitative estimate of drug-likeness (QED) is 0.138. The molecule has 0 amide bonds. The molecule has 1 nitrogen and oxygen atoms in total. The van der Waals surface area contributed by atoms with E-state index in [0.29, 0.717) is 0 Å². The lowest BCUT2D eigenvalue weighted by Gasteiger charge is -2.18. The van der Waals surface area contributed by atoms with E-state index < -0.39 is 0 Å². The monoisotopic (exact) mass is 646 g/mol. The van der Waals surface area contributed by atoms with Crippen LogP contribution in [0.3, 0.4) is 0 Å². The molecule has 0 atom stereocenters. The van der Waals surface area contributed by atoms with Gasteiger partial charge in [0.25, 0.3) is 0 Å². The lowest BCUT2D eigenvalue weighted by atomic mass is 9.85. The first kappa shape index (κ1) is 28.2. The standard InChI is InChI=1S/C50H30O/c1-2-12-31(13-3-1)32-22-24-33(25-23-32)47-39-18-8-10-20-41(39)48(42-21-11-9-19-40(42)47)34-26-28-45-44(30-34)50-46(51-45)29-27-43-37-16-5-4-14-35(37)36-15-6-7-17-38(36)49(43)50/h1-30H. The highest BCUT2D eigenvalue weighted by molar-refractivity contribution is 6.35. The largest absolute Gasteiger partial charge is 0.456 e. The Kier molecular flexibility index (Phi) is 6.02. The second kappa shape index (κ2) is 10.9. The van der Waals surface area contributed by atoms with Crippen molar-refractivity contribution in [2.45, 2.75) is 0 Å². The average molecular weight is 647 g/mol. The van der Waals surface area contributed by atoms with Crippen molar-refractivity contribution >= 4 is 75.8 Å². The van der Waals surface area contributed by atoms with E-state index in [1.807, 2.05) is 0 Å². The minimum absolute atomic E-state index is 0.905. The predicted octanol–water partition coefficient (Wildman–Crippen LogP) is 14.4. The fourth-order valence-corrected chi connectivity index (χ4v) is 8.63.